The lowest BCUT2D eigenvalue weighted by Crippen LogP contribution is -2.58. The van der Waals surface area contributed by atoms with Gasteiger partial charge in [0.15, 0.2) is 0 Å². The van der Waals surface area contributed by atoms with Crippen molar-refractivity contribution in [3.05, 3.63) is 71.8 Å². The monoisotopic (exact) mass is 520 g/mol. The van der Waals surface area contributed by atoms with Gasteiger partial charge in [0.2, 0.25) is 17.7 Å². The molecule has 0 aliphatic carbocycles. The van der Waals surface area contributed by atoms with Crippen LogP contribution in [0.25, 0.3) is 6.08 Å². The molecule has 2 aromatic carbocycles. The molecule has 8 heteroatoms. The van der Waals surface area contributed by atoms with Crippen LogP contribution < -0.4 is 26.0 Å². The molecule has 38 heavy (non-hydrogen) atoms. The third-order valence-electron chi connectivity index (χ3n) is 6.42. The van der Waals surface area contributed by atoms with Crippen LogP contribution in [0, 0.1) is 5.92 Å². The Bertz CT molecular complexity index is 1090. The van der Waals surface area contributed by atoms with Crippen LogP contribution in [0.15, 0.2) is 60.7 Å². The summed E-state index contributed by atoms with van der Waals surface area (Å²) < 4.78 is 6.02. The maximum Gasteiger partial charge on any atom is 0.243 e. The van der Waals surface area contributed by atoms with Crippen LogP contribution in [-0.4, -0.2) is 55.5 Å². The van der Waals surface area contributed by atoms with Gasteiger partial charge in [-0.3, -0.25) is 14.4 Å². The Hall–Kier alpha value is -3.65. The average molecular weight is 521 g/mol. The number of amides is 3. The van der Waals surface area contributed by atoms with E-state index in [1.165, 1.54) is 0 Å². The first-order valence-electron chi connectivity index (χ1n) is 13.4. The molecular weight excluding hydrogens is 480 g/mol. The van der Waals surface area contributed by atoms with Crippen molar-refractivity contribution in [1.29, 1.82) is 0 Å². The quantitative estimate of drug-likeness (QED) is 0.485. The van der Waals surface area contributed by atoms with E-state index in [0.717, 1.165) is 23.3 Å². The summed E-state index contributed by atoms with van der Waals surface area (Å²) in [5, 5.41) is 12.0. The van der Waals surface area contributed by atoms with Crippen molar-refractivity contribution in [2.45, 2.75) is 58.2 Å². The fourth-order valence-electron chi connectivity index (χ4n) is 4.33. The fraction of sp³-hybridized carbons (Fsp3) is 0.433. The summed E-state index contributed by atoms with van der Waals surface area (Å²) in [5.74, 6) is -0.348. The molecule has 2 aromatic rings. The van der Waals surface area contributed by atoms with Gasteiger partial charge in [-0.2, -0.15) is 0 Å². The third kappa shape index (κ3) is 8.73. The van der Waals surface area contributed by atoms with Crippen molar-refractivity contribution in [2.24, 2.45) is 5.92 Å². The summed E-state index contributed by atoms with van der Waals surface area (Å²) >= 11 is 0. The van der Waals surface area contributed by atoms with E-state index in [1.54, 1.807) is 0 Å². The number of hydrogen-bond acceptors (Lipinski definition) is 5. The second-order valence-electron chi connectivity index (χ2n) is 9.81. The summed E-state index contributed by atoms with van der Waals surface area (Å²) in [5.41, 5.74) is 1.89. The van der Waals surface area contributed by atoms with E-state index in [2.05, 4.69) is 21.3 Å². The first-order chi connectivity index (χ1) is 18.4. The molecule has 4 N–H and O–H groups in total. The van der Waals surface area contributed by atoms with Gasteiger partial charge in [-0.1, -0.05) is 87.9 Å². The van der Waals surface area contributed by atoms with Crippen LogP contribution in [-0.2, 0) is 20.8 Å². The molecule has 0 unspecified atom stereocenters. The Morgan fingerprint density at radius 2 is 1.63 bits per heavy atom. The van der Waals surface area contributed by atoms with Crippen molar-refractivity contribution in [1.82, 2.24) is 21.3 Å². The number of carbonyl (C=O) groups excluding carboxylic acids is 3. The fourth-order valence-corrected chi connectivity index (χ4v) is 4.33. The minimum Gasteiger partial charge on any atom is -0.492 e. The van der Waals surface area contributed by atoms with Crippen molar-refractivity contribution in [3.8, 4) is 5.75 Å². The highest BCUT2D eigenvalue weighted by Gasteiger charge is 2.30. The second-order valence-corrected chi connectivity index (χ2v) is 9.81. The van der Waals surface area contributed by atoms with Gasteiger partial charge in [0, 0.05) is 18.7 Å². The Labute approximate surface area is 225 Å². The molecule has 0 aromatic heterocycles. The minimum absolute atomic E-state index is 0.171. The van der Waals surface area contributed by atoms with Crippen LogP contribution in [0.2, 0.25) is 0 Å². The molecule has 1 heterocycles. The van der Waals surface area contributed by atoms with Gasteiger partial charge >= 0.3 is 0 Å². The molecule has 204 valence electrons. The number of para-hydroxylation sites is 1. The van der Waals surface area contributed by atoms with E-state index in [4.69, 9.17) is 4.74 Å². The minimum atomic E-state index is -0.781. The lowest BCUT2D eigenvalue weighted by atomic mass is 10.00. The Balaban J connectivity index is 1.87. The molecule has 0 saturated heterocycles. The van der Waals surface area contributed by atoms with Gasteiger partial charge in [0.1, 0.15) is 24.4 Å². The number of benzene rings is 2. The molecule has 0 fully saturated rings. The van der Waals surface area contributed by atoms with Gasteiger partial charge in [-0.15, -0.1) is 0 Å². The molecule has 3 amide bonds. The van der Waals surface area contributed by atoms with Crippen LogP contribution in [0.5, 0.6) is 5.75 Å². The second kappa shape index (κ2) is 14.9. The molecular formula is C30H40N4O4. The van der Waals surface area contributed by atoms with Crippen molar-refractivity contribution in [2.75, 3.05) is 19.7 Å². The predicted molar refractivity (Wildman–Crippen MR) is 150 cm³/mol. The zero-order valence-corrected chi connectivity index (χ0v) is 22.5. The topological polar surface area (TPSA) is 109 Å². The number of fused-ring (bicyclic) bond motifs is 1. The Kier molecular flexibility index (Phi) is 11.4. The standard InChI is InChI=1S/C30H40N4O4/c1-4-11-24-28(35)32-17-10-15-23-14-8-9-16-26(23)38-19-18-31-25(20-22-12-6-5-7-13-22)29(36)34-27(21(2)3)30(37)33-24/h5-10,12-16,21,24-25,27,31H,4,11,17-20H2,1-3H3,(H,32,35)(H,33,37)(H,34,36)/b15-10+/t24-,25+,27+/m0/s1. The summed E-state index contributed by atoms with van der Waals surface area (Å²) in [6.45, 7) is 6.82. The van der Waals surface area contributed by atoms with E-state index in [-0.39, 0.29) is 23.6 Å². The number of rotatable bonds is 5. The first kappa shape index (κ1) is 28.9. The summed E-state index contributed by atoms with van der Waals surface area (Å²) in [4.78, 5) is 39.6. The highest BCUT2D eigenvalue weighted by molar-refractivity contribution is 5.93. The summed E-state index contributed by atoms with van der Waals surface area (Å²) in [7, 11) is 0. The summed E-state index contributed by atoms with van der Waals surface area (Å²) in [6, 6.07) is 15.4. The normalized spacial score (nSPS) is 22.6. The van der Waals surface area contributed by atoms with E-state index in [9.17, 15) is 14.4 Å². The van der Waals surface area contributed by atoms with Crippen molar-refractivity contribution in [3.63, 3.8) is 0 Å². The lowest BCUT2D eigenvalue weighted by Gasteiger charge is -2.27. The van der Waals surface area contributed by atoms with E-state index >= 15 is 0 Å². The third-order valence-corrected chi connectivity index (χ3v) is 6.42. The smallest absolute Gasteiger partial charge is 0.243 e. The van der Waals surface area contributed by atoms with Crippen LogP contribution >= 0.6 is 0 Å². The van der Waals surface area contributed by atoms with Crippen LogP contribution in [0.4, 0.5) is 0 Å². The zero-order valence-electron chi connectivity index (χ0n) is 22.5. The maximum absolute atomic E-state index is 13.5. The van der Waals surface area contributed by atoms with E-state index in [1.807, 2.05) is 87.5 Å². The van der Waals surface area contributed by atoms with E-state index in [0.29, 0.717) is 32.5 Å². The van der Waals surface area contributed by atoms with Gasteiger partial charge < -0.3 is 26.0 Å². The highest BCUT2D eigenvalue weighted by atomic mass is 16.5. The lowest BCUT2D eigenvalue weighted by molar-refractivity contribution is -0.133. The van der Waals surface area contributed by atoms with Gasteiger partial charge in [0.25, 0.3) is 0 Å². The van der Waals surface area contributed by atoms with Crippen molar-refractivity contribution < 1.29 is 19.1 Å². The largest absolute Gasteiger partial charge is 0.492 e. The molecule has 1 aliphatic heterocycles. The summed E-state index contributed by atoms with van der Waals surface area (Å²) in [6.07, 6.45) is 5.44. The van der Waals surface area contributed by atoms with Gasteiger partial charge in [-0.25, -0.2) is 0 Å². The van der Waals surface area contributed by atoms with Gasteiger partial charge in [0.05, 0.1) is 6.04 Å². The number of nitrogens with one attached hydrogen (secondary N) is 4. The number of ether oxygens (including phenoxy) is 1. The Morgan fingerprint density at radius 3 is 2.37 bits per heavy atom. The maximum atomic E-state index is 13.5. The molecule has 3 rings (SSSR count). The highest BCUT2D eigenvalue weighted by Crippen LogP contribution is 2.19. The number of carbonyl (C=O) groups is 3. The molecule has 0 saturated carbocycles. The SMILES string of the molecule is CCC[C@@H]1NC(=O)[C@@H](C(C)C)NC(=O)[C@@H](Cc2ccccc2)NCCOc2ccccc2/C=C/CNC1=O. The molecule has 0 radical (unpaired) electrons. The Morgan fingerprint density at radius 1 is 0.895 bits per heavy atom. The molecule has 0 spiro atoms. The average Bonchev–Trinajstić information content (AvgIpc) is 2.91. The molecule has 3 atom stereocenters. The molecule has 0 bridgehead atoms. The van der Waals surface area contributed by atoms with E-state index < -0.39 is 18.1 Å². The molecule has 1 aliphatic rings. The predicted octanol–water partition coefficient (Wildman–Crippen LogP) is 2.83. The van der Waals surface area contributed by atoms with Crippen LogP contribution in [0.3, 0.4) is 0 Å². The van der Waals surface area contributed by atoms with Gasteiger partial charge in [-0.05, 0) is 30.4 Å². The zero-order chi connectivity index (χ0) is 27.3. The molecule has 8 nitrogen and oxygen atoms in total. The first-order valence-corrected chi connectivity index (χ1v) is 13.4. The van der Waals surface area contributed by atoms with Crippen molar-refractivity contribution >= 4 is 23.8 Å². The van der Waals surface area contributed by atoms with Crippen LogP contribution in [0.1, 0.15) is 44.7 Å². The number of hydrogen-bond donors (Lipinski definition) is 4.